The SMILES string of the molecule is N[C@@H]1C[C@H]1c1ccc(NS(=O)(=O)c2ccc([N+](=O)[O-])cc2)cc1. The lowest BCUT2D eigenvalue weighted by molar-refractivity contribution is -0.384. The quantitative estimate of drug-likeness (QED) is 0.643. The Kier molecular flexibility index (Phi) is 3.78. The van der Waals surface area contributed by atoms with Crippen LogP contribution in [0.5, 0.6) is 0 Å². The molecule has 23 heavy (non-hydrogen) atoms. The van der Waals surface area contributed by atoms with E-state index in [-0.39, 0.29) is 16.6 Å². The van der Waals surface area contributed by atoms with Gasteiger partial charge in [-0.3, -0.25) is 14.8 Å². The molecule has 0 aromatic heterocycles. The topological polar surface area (TPSA) is 115 Å². The second kappa shape index (κ2) is 5.64. The third-order valence-electron chi connectivity index (χ3n) is 3.79. The Hall–Kier alpha value is -2.45. The summed E-state index contributed by atoms with van der Waals surface area (Å²) in [5.74, 6) is 0.357. The van der Waals surface area contributed by atoms with Crippen molar-refractivity contribution in [2.75, 3.05) is 4.72 Å². The Labute approximate surface area is 133 Å². The first-order valence-corrected chi connectivity index (χ1v) is 8.48. The molecule has 2 aromatic carbocycles. The molecule has 7 nitrogen and oxygen atoms in total. The maximum Gasteiger partial charge on any atom is 0.269 e. The number of hydrogen-bond donors (Lipinski definition) is 2. The van der Waals surface area contributed by atoms with Gasteiger partial charge in [-0.1, -0.05) is 12.1 Å². The fourth-order valence-electron chi connectivity index (χ4n) is 2.36. The summed E-state index contributed by atoms with van der Waals surface area (Å²) in [5.41, 5.74) is 7.16. The summed E-state index contributed by atoms with van der Waals surface area (Å²) in [5, 5.41) is 10.6. The third kappa shape index (κ3) is 3.33. The van der Waals surface area contributed by atoms with E-state index < -0.39 is 14.9 Å². The number of non-ortho nitro benzene ring substituents is 1. The zero-order valence-electron chi connectivity index (χ0n) is 12.0. The fraction of sp³-hybridized carbons (Fsp3) is 0.200. The maximum atomic E-state index is 12.3. The minimum Gasteiger partial charge on any atom is -0.327 e. The molecule has 0 spiro atoms. The summed E-state index contributed by atoms with van der Waals surface area (Å²) in [6.07, 6.45) is 0.952. The van der Waals surface area contributed by atoms with Crippen molar-refractivity contribution in [2.45, 2.75) is 23.3 Å². The molecule has 2 atom stereocenters. The average molecular weight is 333 g/mol. The lowest BCUT2D eigenvalue weighted by Crippen LogP contribution is -2.13. The molecule has 0 aliphatic heterocycles. The van der Waals surface area contributed by atoms with Crippen LogP contribution in [0.3, 0.4) is 0 Å². The van der Waals surface area contributed by atoms with E-state index in [1.54, 1.807) is 12.1 Å². The van der Waals surface area contributed by atoms with Gasteiger partial charge in [-0.2, -0.15) is 0 Å². The Balaban J connectivity index is 1.76. The van der Waals surface area contributed by atoms with Crippen molar-refractivity contribution in [3.05, 3.63) is 64.2 Å². The van der Waals surface area contributed by atoms with Gasteiger partial charge in [0.2, 0.25) is 0 Å². The maximum absolute atomic E-state index is 12.3. The molecule has 1 saturated carbocycles. The molecule has 1 aliphatic rings. The van der Waals surface area contributed by atoms with E-state index in [0.29, 0.717) is 11.6 Å². The largest absolute Gasteiger partial charge is 0.327 e. The number of nitro benzene ring substituents is 1. The smallest absolute Gasteiger partial charge is 0.269 e. The fourth-order valence-corrected chi connectivity index (χ4v) is 3.42. The Morgan fingerprint density at radius 2 is 1.65 bits per heavy atom. The predicted molar refractivity (Wildman–Crippen MR) is 85.7 cm³/mol. The first-order chi connectivity index (χ1) is 10.9. The molecular weight excluding hydrogens is 318 g/mol. The van der Waals surface area contributed by atoms with Gasteiger partial charge in [-0.25, -0.2) is 8.42 Å². The van der Waals surface area contributed by atoms with Crippen molar-refractivity contribution < 1.29 is 13.3 Å². The highest BCUT2D eigenvalue weighted by atomic mass is 32.2. The van der Waals surface area contributed by atoms with Crippen LogP contribution in [0, 0.1) is 10.1 Å². The zero-order chi connectivity index (χ0) is 16.6. The molecule has 1 fully saturated rings. The van der Waals surface area contributed by atoms with E-state index in [1.165, 1.54) is 12.1 Å². The van der Waals surface area contributed by atoms with Gasteiger partial charge in [-0.15, -0.1) is 0 Å². The van der Waals surface area contributed by atoms with Crippen LogP contribution in [0.1, 0.15) is 17.9 Å². The number of hydrogen-bond acceptors (Lipinski definition) is 5. The summed E-state index contributed by atoms with van der Waals surface area (Å²) in [4.78, 5) is 9.99. The lowest BCUT2D eigenvalue weighted by Gasteiger charge is -2.08. The molecule has 1 aliphatic carbocycles. The highest BCUT2D eigenvalue weighted by Gasteiger charge is 2.34. The highest BCUT2D eigenvalue weighted by molar-refractivity contribution is 7.92. The van der Waals surface area contributed by atoms with E-state index in [9.17, 15) is 18.5 Å². The van der Waals surface area contributed by atoms with Gasteiger partial charge < -0.3 is 5.73 Å². The number of anilines is 1. The molecule has 0 saturated heterocycles. The second-order valence-corrected chi connectivity index (χ2v) is 7.17. The number of nitro groups is 1. The molecule has 0 heterocycles. The Morgan fingerprint density at radius 3 is 2.13 bits per heavy atom. The summed E-state index contributed by atoms with van der Waals surface area (Å²) in [7, 11) is -3.78. The van der Waals surface area contributed by atoms with Gasteiger partial charge in [0, 0.05) is 29.8 Å². The molecule has 3 N–H and O–H groups in total. The van der Waals surface area contributed by atoms with Crippen LogP contribution >= 0.6 is 0 Å². The van der Waals surface area contributed by atoms with Gasteiger partial charge in [0.25, 0.3) is 15.7 Å². The van der Waals surface area contributed by atoms with E-state index in [4.69, 9.17) is 5.73 Å². The molecule has 120 valence electrons. The highest BCUT2D eigenvalue weighted by Crippen LogP contribution is 2.39. The van der Waals surface area contributed by atoms with E-state index in [0.717, 1.165) is 24.1 Å². The van der Waals surface area contributed by atoms with Gasteiger partial charge in [0.05, 0.1) is 9.82 Å². The van der Waals surface area contributed by atoms with Crippen molar-refractivity contribution in [2.24, 2.45) is 5.73 Å². The van der Waals surface area contributed by atoms with Crippen molar-refractivity contribution in [1.82, 2.24) is 0 Å². The van der Waals surface area contributed by atoms with E-state index >= 15 is 0 Å². The summed E-state index contributed by atoms with van der Waals surface area (Å²) in [6, 6.07) is 12.0. The number of nitrogens with zero attached hydrogens (tertiary/aromatic N) is 1. The summed E-state index contributed by atoms with van der Waals surface area (Å²) < 4.78 is 27.0. The van der Waals surface area contributed by atoms with Gasteiger partial charge in [0.1, 0.15) is 0 Å². The van der Waals surface area contributed by atoms with Gasteiger partial charge >= 0.3 is 0 Å². The van der Waals surface area contributed by atoms with Crippen LogP contribution in [0.25, 0.3) is 0 Å². The predicted octanol–water partition coefficient (Wildman–Crippen LogP) is 2.21. The van der Waals surface area contributed by atoms with E-state index in [1.807, 2.05) is 12.1 Å². The Morgan fingerprint density at radius 1 is 1.09 bits per heavy atom. The van der Waals surface area contributed by atoms with Crippen molar-refractivity contribution in [3.63, 3.8) is 0 Å². The second-order valence-electron chi connectivity index (χ2n) is 5.48. The van der Waals surface area contributed by atoms with Crippen LogP contribution in [-0.2, 0) is 10.0 Å². The van der Waals surface area contributed by atoms with Crippen LogP contribution in [0.4, 0.5) is 11.4 Å². The van der Waals surface area contributed by atoms with Crippen LogP contribution in [-0.4, -0.2) is 19.4 Å². The molecule has 3 rings (SSSR count). The standard InChI is InChI=1S/C15H15N3O4S/c16-15-9-14(15)10-1-3-11(4-2-10)17-23(21,22)13-7-5-12(6-8-13)18(19)20/h1-8,14-15,17H,9,16H2/t14-,15+/m0/s1. The lowest BCUT2D eigenvalue weighted by atomic mass is 10.1. The molecule has 0 unspecified atom stereocenters. The van der Waals surface area contributed by atoms with Crippen LogP contribution in [0.2, 0.25) is 0 Å². The minimum atomic E-state index is -3.78. The molecule has 0 radical (unpaired) electrons. The molecule has 2 aromatic rings. The molecule has 0 amide bonds. The zero-order valence-corrected chi connectivity index (χ0v) is 12.9. The monoisotopic (exact) mass is 333 g/mol. The van der Waals surface area contributed by atoms with Crippen LogP contribution in [0.15, 0.2) is 53.4 Å². The van der Waals surface area contributed by atoms with Crippen molar-refractivity contribution >= 4 is 21.4 Å². The van der Waals surface area contributed by atoms with Crippen molar-refractivity contribution in [1.29, 1.82) is 0 Å². The van der Waals surface area contributed by atoms with Gasteiger partial charge in [-0.05, 0) is 36.2 Å². The summed E-state index contributed by atoms with van der Waals surface area (Å²) in [6.45, 7) is 0. The average Bonchev–Trinajstić information content (AvgIpc) is 3.24. The minimum absolute atomic E-state index is 0.0311. The summed E-state index contributed by atoms with van der Waals surface area (Å²) >= 11 is 0. The number of nitrogens with one attached hydrogen (secondary N) is 1. The van der Waals surface area contributed by atoms with E-state index in [2.05, 4.69) is 4.72 Å². The molecule has 0 bridgehead atoms. The normalized spacial score (nSPS) is 20.0. The van der Waals surface area contributed by atoms with Gasteiger partial charge in [0.15, 0.2) is 0 Å². The first kappa shape index (κ1) is 15.4. The number of benzene rings is 2. The number of nitrogens with two attached hydrogens (primary N) is 1. The number of sulfonamides is 1. The van der Waals surface area contributed by atoms with Crippen LogP contribution < -0.4 is 10.5 Å². The Bertz CT molecular complexity index is 832. The molecule has 8 heteroatoms. The number of rotatable bonds is 5. The first-order valence-electron chi connectivity index (χ1n) is 6.99. The van der Waals surface area contributed by atoms with Crippen molar-refractivity contribution in [3.8, 4) is 0 Å². The third-order valence-corrected chi connectivity index (χ3v) is 5.19. The molecular formula is C15H15N3O4S.